The van der Waals surface area contributed by atoms with Gasteiger partial charge in [0, 0.05) is 12.7 Å². The van der Waals surface area contributed by atoms with Gasteiger partial charge >= 0.3 is 0 Å². The second kappa shape index (κ2) is 5.85. The highest BCUT2D eigenvalue weighted by molar-refractivity contribution is 5.83. The van der Waals surface area contributed by atoms with Crippen LogP contribution in [0.4, 0.5) is 0 Å². The maximum Gasteiger partial charge on any atom is 0.243 e. The van der Waals surface area contributed by atoms with Crippen LogP contribution in [0.2, 0.25) is 0 Å². The number of hydrogen-bond donors (Lipinski definition) is 2. The maximum absolute atomic E-state index is 11.9. The number of amides is 1. The van der Waals surface area contributed by atoms with E-state index in [0.29, 0.717) is 12.2 Å². The van der Waals surface area contributed by atoms with Gasteiger partial charge < -0.3 is 4.57 Å². The van der Waals surface area contributed by atoms with Crippen LogP contribution in [-0.2, 0) is 11.3 Å². The smallest absolute Gasteiger partial charge is 0.243 e. The Kier molecular flexibility index (Phi) is 3.96. The number of benzene rings is 1. The average Bonchev–Trinajstić information content (AvgIpc) is 2.92. The first kappa shape index (κ1) is 12.9. The summed E-state index contributed by atoms with van der Waals surface area (Å²) in [4.78, 5) is 11.9. The first-order valence-electron chi connectivity index (χ1n) is 5.87. The molecule has 0 saturated heterocycles. The zero-order valence-electron chi connectivity index (χ0n) is 10.3. The molecule has 5 heteroatoms. The summed E-state index contributed by atoms with van der Waals surface area (Å²) in [5.74, 6) is 4.54. The van der Waals surface area contributed by atoms with E-state index < -0.39 is 5.92 Å². The van der Waals surface area contributed by atoms with Crippen LogP contribution >= 0.6 is 0 Å². The number of carbonyl (C=O) groups is 1. The molecule has 5 nitrogen and oxygen atoms in total. The molecule has 3 N–H and O–H groups in total. The molecule has 2 rings (SSSR count). The van der Waals surface area contributed by atoms with E-state index in [0.717, 1.165) is 5.56 Å². The van der Waals surface area contributed by atoms with Gasteiger partial charge in [0.25, 0.3) is 0 Å². The van der Waals surface area contributed by atoms with Crippen molar-refractivity contribution in [2.45, 2.75) is 12.5 Å². The zero-order valence-corrected chi connectivity index (χ0v) is 10.3. The summed E-state index contributed by atoms with van der Waals surface area (Å²) in [5.41, 5.74) is 3.56. The van der Waals surface area contributed by atoms with Crippen molar-refractivity contribution < 1.29 is 4.79 Å². The number of nitriles is 1. The molecule has 1 aromatic heterocycles. The first-order valence-corrected chi connectivity index (χ1v) is 5.87. The molecule has 1 heterocycles. The van der Waals surface area contributed by atoms with Gasteiger partial charge in [-0.15, -0.1) is 0 Å². The van der Waals surface area contributed by atoms with E-state index in [2.05, 4.69) is 11.5 Å². The van der Waals surface area contributed by atoms with Gasteiger partial charge in [0.05, 0.1) is 5.92 Å². The molecule has 19 heavy (non-hydrogen) atoms. The molecular formula is C14H14N4O. The fourth-order valence-corrected chi connectivity index (χ4v) is 2.00. The molecule has 0 spiro atoms. The van der Waals surface area contributed by atoms with Gasteiger partial charge in [-0.25, -0.2) is 5.84 Å². The van der Waals surface area contributed by atoms with E-state index in [-0.39, 0.29) is 5.91 Å². The summed E-state index contributed by atoms with van der Waals surface area (Å²) in [6.07, 6.45) is 1.78. The van der Waals surface area contributed by atoms with Crippen molar-refractivity contribution in [3.63, 3.8) is 0 Å². The molecule has 1 unspecified atom stereocenters. The third-order valence-corrected chi connectivity index (χ3v) is 2.98. The Morgan fingerprint density at radius 2 is 2.05 bits per heavy atom. The highest BCUT2D eigenvalue weighted by atomic mass is 16.2. The van der Waals surface area contributed by atoms with Gasteiger partial charge in [-0.2, -0.15) is 5.26 Å². The lowest BCUT2D eigenvalue weighted by atomic mass is 9.98. The molecule has 1 amide bonds. The van der Waals surface area contributed by atoms with E-state index in [1.165, 1.54) is 0 Å². The van der Waals surface area contributed by atoms with Gasteiger partial charge in [-0.3, -0.25) is 10.2 Å². The molecule has 0 aliphatic carbocycles. The average molecular weight is 254 g/mol. The molecule has 2 aromatic rings. The Morgan fingerprint density at radius 1 is 1.32 bits per heavy atom. The minimum absolute atomic E-state index is 0.274. The largest absolute Gasteiger partial charge is 0.338 e. The van der Waals surface area contributed by atoms with Crippen molar-refractivity contribution in [1.82, 2.24) is 9.99 Å². The van der Waals surface area contributed by atoms with Gasteiger partial charge in [0.15, 0.2) is 0 Å². The molecule has 0 aliphatic rings. The molecule has 96 valence electrons. The monoisotopic (exact) mass is 254 g/mol. The standard InChI is InChI=1S/C14H14N4O/c15-9-12-7-4-8-18(12)10-13(14(19)17-16)11-5-2-1-3-6-11/h1-8,13H,10,16H2,(H,17,19). The van der Waals surface area contributed by atoms with E-state index in [9.17, 15) is 4.79 Å². The van der Waals surface area contributed by atoms with E-state index in [1.54, 1.807) is 22.9 Å². The molecule has 0 aliphatic heterocycles. The van der Waals surface area contributed by atoms with Gasteiger partial charge in [-0.1, -0.05) is 30.3 Å². The Balaban J connectivity index is 2.30. The lowest BCUT2D eigenvalue weighted by Gasteiger charge is -2.17. The lowest BCUT2D eigenvalue weighted by Crippen LogP contribution is -2.36. The van der Waals surface area contributed by atoms with Crippen molar-refractivity contribution in [2.24, 2.45) is 5.84 Å². The third-order valence-electron chi connectivity index (χ3n) is 2.98. The highest BCUT2D eigenvalue weighted by Crippen LogP contribution is 2.19. The summed E-state index contributed by atoms with van der Waals surface area (Å²) in [6, 6.07) is 14.9. The summed E-state index contributed by atoms with van der Waals surface area (Å²) >= 11 is 0. The number of rotatable bonds is 4. The van der Waals surface area contributed by atoms with Gasteiger partial charge in [-0.05, 0) is 17.7 Å². The summed E-state index contributed by atoms with van der Waals surface area (Å²) in [6.45, 7) is 0.378. The molecule has 0 saturated carbocycles. The fourth-order valence-electron chi connectivity index (χ4n) is 2.00. The number of nitrogens with one attached hydrogen (secondary N) is 1. The molecular weight excluding hydrogens is 240 g/mol. The second-order valence-electron chi connectivity index (χ2n) is 4.13. The van der Waals surface area contributed by atoms with Crippen LogP contribution in [0.3, 0.4) is 0 Å². The van der Waals surface area contributed by atoms with Crippen molar-refractivity contribution in [1.29, 1.82) is 5.26 Å². The van der Waals surface area contributed by atoms with E-state index in [4.69, 9.17) is 11.1 Å². The zero-order chi connectivity index (χ0) is 13.7. The van der Waals surface area contributed by atoms with Crippen LogP contribution in [0, 0.1) is 11.3 Å². The van der Waals surface area contributed by atoms with Gasteiger partial charge in [0.1, 0.15) is 11.8 Å². The number of nitrogens with zero attached hydrogens (tertiary/aromatic N) is 2. The van der Waals surface area contributed by atoms with Crippen LogP contribution < -0.4 is 11.3 Å². The first-order chi connectivity index (χ1) is 9.26. The van der Waals surface area contributed by atoms with Crippen molar-refractivity contribution in [3.8, 4) is 6.07 Å². The number of hydrogen-bond acceptors (Lipinski definition) is 3. The topological polar surface area (TPSA) is 83.8 Å². The summed E-state index contributed by atoms with van der Waals surface area (Å²) < 4.78 is 1.74. The van der Waals surface area contributed by atoms with Gasteiger partial charge in [0.2, 0.25) is 5.91 Å². The molecule has 1 atom stereocenters. The van der Waals surface area contributed by atoms with E-state index in [1.807, 2.05) is 30.3 Å². The number of nitrogens with two attached hydrogens (primary N) is 1. The minimum atomic E-state index is -0.425. The Morgan fingerprint density at radius 3 is 2.68 bits per heavy atom. The predicted octanol–water partition coefficient (Wildman–Crippen LogP) is 1.13. The maximum atomic E-state index is 11.9. The molecule has 0 fully saturated rings. The SMILES string of the molecule is N#Cc1cccn1CC(C(=O)NN)c1ccccc1. The van der Waals surface area contributed by atoms with Crippen molar-refractivity contribution >= 4 is 5.91 Å². The normalized spacial score (nSPS) is 11.6. The molecule has 0 radical (unpaired) electrons. The molecule has 1 aromatic carbocycles. The van der Waals surface area contributed by atoms with E-state index >= 15 is 0 Å². The second-order valence-corrected chi connectivity index (χ2v) is 4.13. The minimum Gasteiger partial charge on any atom is -0.338 e. The summed E-state index contributed by atoms with van der Waals surface area (Å²) in [5, 5.41) is 8.99. The quantitative estimate of drug-likeness (QED) is 0.487. The number of aromatic nitrogens is 1. The number of carbonyl (C=O) groups excluding carboxylic acids is 1. The van der Waals surface area contributed by atoms with Crippen LogP contribution in [0.1, 0.15) is 17.2 Å². The predicted molar refractivity (Wildman–Crippen MR) is 70.7 cm³/mol. The number of hydrazine groups is 1. The van der Waals surface area contributed by atoms with Crippen LogP contribution in [-0.4, -0.2) is 10.5 Å². The Bertz CT molecular complexity index is 597. The highest BCUT2D eigenvalue weighted by Gasteiger charge is 2.20. The lowest BCUT2D eigenvalue weighted by molar-refractivity contribution is -0.122. The van der Waals surface area contributed by atoms with Crippen molar-refractivity contribution in [2.75, 3.05) is 0 Å². The van der Waals surface area contributed by atoms with Crippen LogP contribution in [0.5, 0.6) is 0 Å². The van der Waals surface area contributed by atoms with Crippen molar-refractivity contribution in [3.05, 3.63) is 59.9 Å². The Labute approximate surface area is 111 Å². The third kappa shape index (κ3) is 2.81. The molecule has 0 bridgehead atoms. The Hall–Kier alpha value is -2.58. The van der Waals surface area contributed by atoms with Crippen LogP contribution in [0.15, 0.2) is 48.7 Å². The fraction of sp³-hybridized carbons (Fsp3) is 0.143. The summed E-state index contributed by atoms with van der Waals surface area (Å²) in [7, 11) is 0. The van der Waals surface area contributed by atoms with Crippen LogP contribution in [0.25, 0.3) is 0 Å².